The van der Waals surface area contributed by atoms with Gasteiger partial charge in [-0.2, -0.15) is 0 Å². The van der Waals surface area contributed by atoms with E-state index in [-0.39, 0.29) is 16.9 Å². The fraction of sp³-hybridized carbons (Fsp3) is 0.250. The molecule has 0 spiro atoms. The summed E-state index contributed by atoms with van der Waals surface area (Å²) in [5.41, 5.74) is 5.05. The standard InChI is InChI=1S/C20H19N3O3S/c21-27(25,26)13-6-8-14-12(9-13)5-7-17(20(14)24)19-16-4-2-1-3-15(16)18-10-22-11-23(18)19/h1-4,6,8-11,17,19-20,24H,5,7H2,(H2,21,25,26)/t17-,19-,20-/m1/s1. The maximum Gasteiger partial charge on any atom is 0.238 e. The van der Waals surface area contributed by atoms with Crippen LogP contribution in [0.25, 0.3) is 11.3 Å². The fourth-order valence-corrected chi connectivity index (χ4v) is 5.18. The van der Waals surface area contributed by atoms with E-state index in [2.05, 4.69) is 21.7 Å². The lowest BCUT2D eigenvalue weighted by Crippen LogP contribution is -2.29. The van der Waals surface area contributed by atoms with Crippen LogP contribution >= 0.6 is 0 Å². The summed E-state index contributed by atoms with van der Waals surface area (Å²) >= 11 is 0. The third-order valence-corrected chi connectivity index (χ3v) is 6.75. The van der Waals surface area contributed by atoms with Gasteiger partial charge < -0.3 is 9.67 Å². The number of rotatable bonds is 2. The molecule has 3 aromatic rings. The molecule has 2 heterocycles. The largest absolute Gasteiger partial charge is 0.388 e. The number of sulfonamides is 1. The highest BCUT2D eigenvalue weighted by Gasteiger charge is 2.40. The van der Waals surface area contributed by atoms with Crippen LogP contribution in [0, 0.1) is 5.92 Å². The molecule has 27 heavy (non-hydrogen) atoms. The number of primary sulfonamides is 1. The lowest BCUT2D eigenvalue weighted by Gasteiger charge is -2.35. The summed E-state index contributed by atoms with van der Waals surface area (Å²) in [6, 6.07) is 13.0. The fourth-order valence-electron chi connectivity index (χ4n) is 4.62. The van der Waals surface area contributed by atoms with Crippen LogP contribution in [0.15, 0.2) is 59.9 Å². The first kappa shape index (κ1) is 16.7. The van der Waals surface area contributed by atoms with Gasteiger partial charge in [-0.15, -0.1) is 0 Å². The number of aromatic nitrogens is 2. The Morgan fingerprint density at radius 2 is 1.96 bits per heavy atom. The highest BCUT2D eigenvalue weighted by molar-refractivity contribution is 7.89. The van der Waals surface area contributed by atoms with E-state index in [9.17, 15) is 13.5 Å². The van der Waals surface area contributed by atoms with Crippen molar-refractivity contribution in [2.45, 2.75) is 29.9 Å². The van der Waals surface area contributed by atoms with Gasteiger partial charge in [0, 0.05) is 11.5 Å². The predicted octanol–water partition coefficient (Wildman–Crippen LogP) is 2.40. The van der Waals surface area contributed by atoms with Crippen molar-refractivity contribution in [3.63, 3.8) is 0 Å². The molecule has 2 aliphatic rings. The van der Waals surface area contributed by atoms with Crippen LogP contribution in [0.3, 0.4) is 0 Å². The van der Waals surface area contributed by atoms with Crippen LogP contribution in [0.4, 0.5) is 0 Å². The van der Waals surface area contributed by atoms with Crippen LogP contribution in [-0.4, -0.2) is 23.1 Å². The lowest BCUT2D eigenvalue weighted by atomic mass is 9.76. The van der Waals surface area contributed by atoms with Crippen molar-refractivity contribution in [1.29, 1.82) is 0 Å². The first-order valence-electron chi connectivity index (χ1n) is 8.90. The molecule has 0 bridgehead atoms. The van der Waals surface area contributed by atoms with Gasteiger partial charge in [-0.1, -0.05) is 30.3 Å². The van der Waals surface area contributed by atoms with E-state index in [1.165, 1.54) is 11.6 Å². The molecule has 3 N–H and O–H groups in total. The summed E-state index contributed by atoms with van der Waals surface area (Å²) in [5, 5.41) is 16.4. The summed E-state index contributed by atoms with van der Waals surface area (Å²) in [6.45, 7) is 0. The molecule has 5 rings (SSSR count). The van der Waals surface area contributed by atoms with Crippen molar-refractivity contribution >= 4 is 10.0 Å². The third kappa shape index (κ3) is 2.46. The van der Waals surface area contributed by atoms with Gasteiger partial charge in [0.2, 0.25) is 10.0 Å². The molecule has 6 nitrogen and oxygen atoms in total. The lowest BCUT2D eigenvalue weighted by molar-refractivity contribution is 0.0719. The maximum absolute atomic E-state index is 11.6. The van der Waals surface area contributed by atoms with E-state index in [0.29, 0.717) is 6.42 Å². The van der Waals surface area contributed by atoms with Crippen LogP contribution in [-0.2, 0) is 16.4 Å². The molecular weight excluding hydrogens is 362 g/mol. The normalized spacial score (nSPS) is 23.6. The number of nitrogens with zero attached hydrogens (tertiary/aromatic N) is 2. The highest BCUT2D eigenvalue weighted by Crippen LogP contribution is 2.49. The van der Waals surface area contributed by atoms with Gasteiger partial charge in [0.25, 0.3) is 0 Å². The number of fused-ring (bicyclic) bond motifs is 4. The Labute approximate surface area is 157 Å². The molecule has 3 atom stereocenters. The van der Waals surface area contributed by atoms with E-state index in [1.807, 2.05) is 24.7 Å². The Balaban J connectivity index is 1.57. The quantitative estimate of drug-likeness (QED) is 0.712. The zero-order valence-corrected chi connectivity index (χ0v) is 15.3. The molecule has 7 heteroatoms. The SMILES string of the molecule is NS(=O)(=O)c1ccc2c(c1)CC[C@H]([C@H]1c3ccccc3-c3cncn31)[C@@H]2O. The molecule has 138 valence electrons. The van der Waals surface area contributed by atoms with Crippen LogP contribution in [0.2, 0.25) is 0 Å². The monoisotopic (exact) mass is 381 g/mol. The van der Waals surface area contributed by atoms with Gasteiger partial charge in [-0.3, -0.25) is 0 Å². The Bertz CT molecular complexity index is 1150. The Morgan fingerprint density at radius 3 is 2.78 bits per heavy atom. The molecule has 0 unspecified atom stereocenters. The van der Waals surface area contributed by atoms with E-state index in [1.54, 1.807) is 12.1 Å². The van der Waals surface area contributed by atoms with Gasteiger partial charge in [0.15, 0.2) is 0 Å². The average Bonchev–Trinajstić information content (AvgIpc) is 3.22. The smallest absolute Gasteiger partial charge is 0.238 e. The van der Waals surface area contributed by atoms with Crippen molar-refractivity contribution in [3.05, 3.63) is 71.7 Å². The van der Waals surface area contributed by atoms with Crippen molar-refractivity contribution in [2.24, 2.45) is 11.1 Å². The average molecular weight is 381 g/mol. The zero-order valence-electron chi connectivity index (χ0n) is 14.5. The molecule has 0 fully saturated rings. The van der Waals surface area contributed by atoms with Gasteiger partial charge >= 0.3 is 0 Å². The summed E-state index contributed by atoms with van der Waals surface area (Å²) in [6.07, 6.45) is 4.45. The third-order valence-electron chi connectivity index (χ3n) is 5.84. The van der Waals surface area contributed by atoms with Crippen molar-refractivity contribution < 1.29 is 13.5 Å². The maximum atomic E-state index is 11.6. The molecular formula is C20H19N3O3S. The summed E-state index contributed by atoms with van der Waals surface area (Å²) in [7, 11) is -3.75. The molecule has 0 radical (unpaired) electrons. The summed E-state index contributed by atoms with van der Waals surface area (Å²) in [4.78, 5) is 4.39. The van der Waals surface area contributed by atoms with E-state index in [4.69, 9.17) is 5.14 Å². The molecule has 1 aliphatic heterocycles. The van der Waals surface area contributed by atoms with E-state index in [0.717, 1.165) is 28.8 Å². The summed E-state index contributed by atoms with van der Waals surface area (Å²) < 4.78 is 25.4. The topological polar surface area (TPSA) is 98.2 Å². The Hall–Kier alpha value is -2.48. The Morgan fingerprint density at radius 1 is 1.15 bits per heavy atom. The Kier molecular flexibility index (Phi) is 3.56. The van der Waals surface area contributed by atoms with Gasteiger partial charge in [-0.25, -0.2) is 18.5 Å². The molecule has 0 amide bonds. The van der Waals surface area contributed by atoms with Crippen molar-refractivity contribution in [3.8, 4) is 11.3 Å². The second-order valence-electron chi connectivity index (χ2n) is 7.27. The van der Waals surface area contributed by atoms with Gasteiger partial charge in [0.05, 0.1) is 35.3 Å². The molecule has 0 saturated heterocycles. The minimum absolute atomic E-state index is 0.0137. The number of aliphatic hydroxyl groups is 1. The molecule has 2 aromatic carbocycles. The summed E-state index contributed by atoms with van der Waals surface area (Å²) in [5.74, 6) is -0.0190. The number of imidazole rings is 1. The zero-order chi connectivity index (χ0) is 18.8. The molecule has 1 aromatic heterocycles. The van der Waals surface area contributed by atoms with Crippen LogP contribution in [0.1, 0.15) is 35.3 Å². The predicted molar refractivity (Wildman–Crippen MR) is 100 cm³/mol. The minimum atomic E-state index is -3.75. The highest BCUT2D eigenvalue weighted by atomic mass is 32.2. The first-order valence-corrected chi connectivity index (χ1v) is 10.4. The van der Waals surface area contributed by atoms with Gasteiger partial charge in [-0.05, 0) is 41.7 Å². The second-order valence-corrected chi connectivity index (χ2v) is 8.83. The number of benzene rings is 2. The van der Waals surface area contributed by atoms with Gasteiger partial charge in [0.1, 0.15) is 0 Å². The molecule has 1 aliphatic carbocycles. The van der Waals surface area contributed by atoms with E-state index < -0.39 is 16.1 Å². The van der Waals surface area contributed by atoms with Crippen LogP contribution in [0.5, 0.6) is 0 Å². The second kappa shape index (κ2) is 5.76. The number of aliphatic hydroxyl groups excluding tert-OH is 1. The number of hydrogen-bond donors (Lipinski definition) is 2. The molecule has 0 saturated carbocycles. The minimum Gasteiger partial charge on any atom is -0.388 e. The number of nitrogens with two attached hydrogens (primary N) is 1. The first-order chi connectivity index (χ1) is 12.9. The van der Waals surface area contributed by atoms with E-state index >= 15 is 0 Å². The van der Waals surface area contributed by atoms with Crippen molar-refractivity contribution in [2.75, 3.05) is 0 Å². The number of hydrogen-bond acceptors (Lipinski definition) is 4. The van der Waals surface area contributed by atoms with Crippen molar-refractivity contribution in [1.82, 2.24) is 9.55 Å². The van der Waals surface area contributed by atoms with Crippen LogP contribution < -0.4 is 5.14 Å². The number of aryl methyl sites for hydroxylation is 1.